The first-order valence-electron chi connectivity index (χ1n) is 5.50. The third-order valence-electron chi connectivity index (χ3n) is 2.61. The molecule has 0 aliphatic heterocycles. The second kappa shape index (κ2) is 4.90. The molecule has 0 aliphatic carbocycles. The highest BCUT2D eigenvalue weighted by Gasteiger charge is 2.14. The van der Waals surface area contributed by atoms with Gasteiger partial charge in [-0.25, -0.2) is 13.6 Å². The maximum Gasteiger partial charge on any atom is 0.240 e. The van der Waals surface area contributed by atoms with E-state index in [0.29, 0.717) is 12.2 Å². The average molecular weight is 281 g/mol. The lowest BCUT2D eigenvalue weighted by molar-refractivity contribution is 0.598. The average Bonchev–Trinajstić information content (AvgIpc) is 2.72. The standard InChI is InChI=1S/C11H15N5O2S/c1-16-7-8(6-15-16)5-14-9-3-2-4-10(11(9)12)19(13,17)18/h2-4,6-7,14H,5,12H2,1H3,(H2,13,17,18). The normalized spacial score (nSPS) is 11.5. The van der Waals surface area contributed by atoms with Gasteiger partial charge in [-0.05, 0) is 12.1 Å². The topological polar surface area (TPSA) is 116 Å². The van der Waals surface area contributed by atoms with Crippen LogP contribution >= 0.6 is 0 Å². The molecular formula is C11H15N5O2S. The number of aryl methyl sites for hydroxylation is 1. The number of hydrogen-bond acceptors (Lipinski definition) is 5. The van der Waals surface area contributed by atoms with Crippen LogP contribution in [0.5, 0.6) is 0 Å². The van der Waals surface area contributed by atoms with Crippen molar-refractivity contribution in [1.29, 1.82) is 0 Å². The van der Waals surface area contributed by atoms with Crippen LogP contribution < -0.4 is 16.2 Å². The number of nitrogens with zero attached hydrogens (tertiary/aromatic N) is 2. The van der Waals surface area contributed by atoms with Crippen molar-refractivity contribution in [2.75, 3.05) is 11.1 Å². The van der Waals surface area contributed by atoms with Gasteiger partial charge in [0.15, 0.2) is 0 Å². The zero-order chi connectivity index (χ0) is 14.0. The number of nitrogens with one attached hydrogen (secondary N) is 1. The molecule has 0 bridgehead atoms. The van der Waals surface area contributed by atoms with E-state index >= 15 is 0 Å². The molecule has 2 rings (SSSR count). The summed E-state index contributed by atoms with van der Waals surface area (Å²) in [4.78, 5) is -0.0799. The van der Waals surface area contributed by atoms with E-state index in [9.17, 15) is 8.42 Å². The van der Waals surface area contributed by atoms with E-state index in [1.807, 2.05) is 13.2 Å². The lowest BCUT2D eigenvalue weighted by Crippen LogP contribution is -2.15. The Hall–Kier alpha value is -2.06. The van der Waals surface area contributed by atoms with Crippen molar-refractivity contribution in [3.05, 3.63) is 36.2 Å². The van der Waals surface area contributed by atoms with E-state index < -0.39 is 10.0 Å². The van der Waals surface area contributed by atoms with Crippen molar-refractivity contribution >= 4 is 21.4 Å². The van der Waals surface area contributed by atoms with Gasteiger partial charge in [-0.3, -0.25) is 4.68 Å². The molecule has 0 atom stereocenters. The summed E-state index contributed by atoms with van der Waals surface area (Å²) in [6.45, 7) is 0.492. The fraction of sp³-hybridized carbons (Fsp3) is 0.182. The molecule has 5 N–H and O–H groups in total. The fourth-order valence-electron chi connectivity index (χ4n) is 1.71. The highest BCUT2D eigenvalue weighted by Crippen LogP contribution is 2.26. The summed E-state index contributed by atoms with van der Waals surface area (Å²) in [5, 5.41) is 12.2. The Balaban J connectivity index is 2.22. The maximum atomic E-state index is 11.3. The molecule has 19 heavy (non-hydrogen) atoms. The molecule has 0 radical (unpaired) electrons. The first-order chi connectivity index (χ1) is 8.88. The van der Waals surface area contributed by atoms with Crippen LogP contribution in [0.3, 0.4) is 0 Å². The lowest BCUT2D eigenvalue weighted by Gasteiger charge is -2.11. The monoisotopic (exact) mass is 281 g/mol. The molecule has 1 aromatic heterocycles. The number of primary sulfonamides is 1. The van der Waals surface area contributed by atoms with Gasteiger partial charge in [0.05, 0.1) is 17.6 Å². The Labute approximate surface area is 111 Å². The Morgan fingerprint density at radius 1 is 1.42 bits per heavy atom. The van der Waals surface area contributed by atoms with Crippen LogP contribution in [0.4, 0.5) is 11.4 Å². The fourth-order valence-corrected chi connectivity index (χ4v) is 2.39. The molecule has 0 spiro atoms. The summed E-state index contributed by atoms with van der Waals surface area (Å²) < 4.78 is 24.4. The molecular weight excluding hydrogens is 266 g/mol. The van der Waals surface area contributed by atoms with Gasteiger partial charge >= 0.3 is 0 Å². The summed E-state index contributed by atoms with van der Waals surface area (Å²) >= 11 is 0. The highest BCUT2D eigenvalue weighted by atomic mass is 32.2. The van der Waals surface area contributed by atoms with Gasteiger partial charge in [0, 0.05) is 25.4 Å². The minimum absolute atomic E-state index is 0.0799. The SMILES string of the molecule is Cn1cc(CNc2cccc(S(N)(=O)=O)c2N)cn1. The van der Waals surface area contributed by atoms with Gasteiger partial charge in [-0.1, -0.05) is 6.07 Å². The molecule has 0 saturated heterocycles. The van der Waals surface area contributed by atoms with Crippen LogP contribution in [0.25, 0.3) is 0 Å². The zero-order valence-electron chi connectivity index (χ0n) is 10.4. The van der Waals surface area contributed by atoms with E-state index in [0.717, 1.165) is 5.56 Å². The molecule has 0 amide bonds. The van der Waals surface area contributed by atoms with Crippen molar-refractivity contribution in [3.63, 3.8) is 0 Å². The smallest absolute Gasteiger partial charge is 0.240 e. The Morgan fingerprint density at radius 2 is 2.16 bits per heavy atom. The number of hydrogen-bond donors (Lipinski definition) is 3. The zero-order valence-corrected chi connectivity index (χ0v) is 11.2. The van der Waals surface area contributed by atoms with Gasteiger partial charge in [0.2, 0.25) is 10.0 Å². The first kappa shape index (κ1) is 13.4. The van der Waals surface area contributed by atoms with Crippen molar-refractivity contribution in [2.24, 2.45) is 12.2 Å². The third-order valence-corrected chi connectivity index (χ3v) is 3.58. The van der Waals surface area contributed by atoms with Crippen LogP contribution in [0, 0.1) is 0 Å². The largest absolute Gasteiger partial charge is 0.396 e. The number of nitrogen functional groups attached to an aromatic ring is 1. The van der Waals surface area contributed by atoms with Gasteiger partial charge in [-0.15, -0.1) is 0 Å². The summed E-state index contributed by atoms with van der Waals surface area (Å²) in [5.41, 5.74) is 7.40. The van der Waals surface area contributed by atoms with E-state index in [4.69, 9.17) is 10.9 Å². The van der Waals surface area contributed by atoms with Crippen LogP contribution in [-0.2, 0) is 23.6 Å². The highest BCUT2D eigenvalue weighted by molar-refractivity contribution is 7.89. The minimum atomic E-state index is -3.82. The van der Waals surface area contributed by atoms with Crippen molar-refractivity contribution < 1.29 is 8.42 Å². The predicted molar refractivity (Wildman–Crippen MR) is 72.8 cm³/mol. The second-order valence-corrected chi connectivity index (χ2v) is 5.67. The molecule has 0 fully saturated rings. The van der Waals surface area contributed by atoms with E-state index in [1.54, 1.807) is 23.0 Å². The number of benzene rings is 1. The van der Waals surface area contributed by atoms with Gasteiger partial charge in [0.25, 0.3) is 0 Å². The first-order valence-corrected chi connectivity index (χ1v) is 7.05. The lowest BCUT2D eigenvalue weighted by atomic mass is 10.2. The number of sulfonamides is 1. The number of rotatable bonds is 4. The maximum absolute atomic E-state index is 11.3. The number of nitrogens with two attached hydrogens (primary N) is 2. The van der Waals surface area contributed by atoms with E-state index in [1.165, 1.54) is 6.07 Å². The third kappa shape index (κ3) is 3.04. The van der Waals surface area contributed by atoms with Crippen molar-refractivity contribution in [2.45, 2.75) is 11.4 Å². The van der Waals surface area contributed by atoms with Gasteiger partial charge < -0.3 is 11.1 Å². The molecule has 1 heterocycles. The van der Waals surface area contributed by atoms with Crippen LogP contribution in [0.2, 0.25) is 0 Å². The summed E-state index contributed by atoms with van der Waals surface area (Å²) in [6.07, 6.45) is 3.57. The Bertz CT molecular complexity index is 693. The van der Waals surface area contributed by atoms with E-state index in [-0.39, 0.29) is 10.6 Å². The predicted octanol–water partition coefficient (Wildman–Crippen LogP) is 0.262. The molecule has 2 aromatic rings. The van der Waals surface area contributed by atoms with Crippen molar-refractivity contribution in [3.8, 4) is 0 Å². The summed E-state index contributed by atoms with van der Waals surface area (Å²) in [6, 6.07) is 4.65. The number of para-hydroxylation sites is 1. The van der Waals surface area contributed by atoms with Gasteiger partial charge in [-0.2, -0.15) is 5.10 Å². The van der Waals surface area contributed by atoms with Crippen molar-refractivity contribution in [1.82, 2.24) is 9.78 Å². The quantitative estimate of drug-likeness (QED) is 0.695. The Morgan fingerprint density at radius 3 is 2.74 bits per heavy atom. The molecule has 7 nitrogen and oxygen atoms in total. The minimum Gasteiger partial charge on any atom is -0.396 e. The van der Waals surface area contributed by atoms with E-state index in [2.05, 4.69) is 10.4 Å². The summed E-state index contributed by atoms with van der Waals surface area (Å²) in [5.74, 6) is 0. The summed E-state index contributed by atoms with van der Waals surface area (Å²) in [7, 11) is -2.00. The molecule has 8 heteroatoms. The number of anilines is 2. The van der Waals surface area contributed by atoms with Crippen LogP contribution in [0.15, 0.2) is 35.5 Å². The van der Waals surface area contributed by atoms with Crippen LogP contribution in [0.1, 0.15) is 5.56 Å². The van der Waals surface area contributed by atoms with Crippen LogP contribution in [-0.4, -0.2) is 18.2 Å². The molecule has 0 saturated carbocycles. The number of aromatic nitrogens is 2. The second-order valence-electron chi connectivity index (χ2n) is 4.14. The Kier molecular flexibility index (Phi) is 3.45. The molecule has 1 aromatic carbocycles. The molecule has 0 unspecified atom stereocenters. The van der Waals surface area contributed by atoms with Gasteiger partial charge in [0.1, 0.15) is 4.90 Å². The molecule has 0 aliphatic rings. The molecule has 102 valence electrons.